The molecule has 0 saturated carbocycles. The third-order valence-corrected chi connectivity index (χ3v) is 5.05. The van der Waals surface area contributed by atoms with Crippen molar-refractivity contribution in [1.29, 1.82) is 0 Å². The van der Waals surface area contributed by atoms with Crippen molar-refractivity contribution in [3.05, 3.63) is 66.5 Å². The average Bonchev–Trinajstić information content (AvgIpc) is 3.14. The van der Waals surface area contributed by atoms with E-state index in [1.165, 1.54) is 11.8 Å². The van der Waals surface area contributed by atoms with E-state index in [1.54, 1.807) is 32.4 Å². The molecule has 0 aliphatic heterocycles. The molecule has 0 aliphatic rings. The zero-order chi connectivity index (χ0) is 18.5. The smallest absolute Gasteiger partial charge is 0.240 e. The van der Waals surface area contributed by atoms with Crippen LogP contribution in [0.15, 0.2) is 66.1 Å². The van der Waals surface area contributed by atoms with E-state index < -0.39 is 5.25 Å². The van der Waals surface area contributed by atoms with Crippen LogP contribution >= 0.6 is 11.8 Å². The minimum Gasteiger partial charge on any atom is -0.495 e. The Morgan fingerprint density at radius 1 is 1.12 bits per heavy atom. The van der Waals surface area contributed by atoms with Gasteiger partial charge in [-0.3, -0.25) is 9.36 Å². The van der Waals surface area contributed by atoms with Crippen LogP contribution in [0.5, 0.6) is 5.75 Å². The summed E-state index contributed by atoms with van der Waals surface area (Å²) in [5.41, 5.74) is 1.75. The highest BCUT2D eigenvalue weighted by Gasteiger charge is 2.26. The number of ether oxygens (including phenoxy) is 1. The summed E-state index contributed by atoms with van der Waals surface area (Å²) in [6.07, 6.45) is 1.63. The van der Waals surface area contributed by atoms with Crippen LogP contribution in [0.1, 0.15) is 10.8 Å². The fourth-order valence-electron chi connectivity index (χ4n) is 2.53. The van der Waals surface area contributed by atoms with Gasteiger partial charge in [-0.25, -0.2) is 0 Å². The number of benzene rings is 2. The van der Waals surface area contributed by atoms with Crippen molar-refractivity contribution in [2.75, 3.05) is 21.2 Å². The number of para-hydroxylation sites is 2. The number of hydrogen-bond acceptors (Lipinski definition) is 5. The molecule has 0 bridgehead atoms. The average molecular weight is 368 g/mol. The van der Waals surface area contributed by atoms with Gasteiger partial charge < -0.3 is 9.64 Å². The molecule has 0 fully saturated rings. The summed E-state index contributed by atoms with van der Waals surface area (Å²) in [7, 11) is 5.13. The molecule has 0 spiro atoms. The molecule has 0 N–H and O–H groups in total. The number of nitrogens with zero attached hydrogens (tertiary/aromatic N) is 4. The predicted octanol–water partition coefficient (Wildman–Crippen LogP) is 3.20. The normalized spacial score (nSPS) is 11.8. The molecule has 134 valence electrons. The Balaban J connectivity index is 1.99. The molecule has 0 saturated heterocycles. The maximum absolute atomic E-state index is 12.8. The van der Waals surface area contributed by atoms with Gasteiger partial charge >= 0.3 is 0 Å². The molecule has 7 heteroatoms. The summed E-state index contributed by atoms with van der Waals surface area (Å²) < 4.78 is 7.27. The van der Waals surface area contributed by atoms with Crippen LogP contribution in [0, 0.1) is 0 Å². The van der Waals surface area contributed by atoms with Crippen LogP contribution < -0.4 is 4.74 Å². The number of carbonyl (C=O) groups excluding carboxylic acids is 1. The molecule has 1 heterocycles. The molecule has 0 aliphatic carbocycles. The quantitative estimate of drug-likeness (QED) is 0.625. The Kier molecular flexibility index (Phi) is 5.58. The van der Waals surface area contributed by atoms with Gasteiger partial charge in [0.15, 0.2) is 5.16 Å². The number of thioether (sulfide) groups is 1. The van der Waals surface area contributed by atoms with E-state index in [0.717, 1.165) is 11.3 Å². The number of methoxy groups -OCH3 is 1. The van der Waals surface area contributed by atoms with Crippen LogP contribution in [-0.4, -0.2) is 46.8 Å². The first-order valence-electron chi connectivity index (χ1n) is 8.08. The molecular formula is C19H20N4O2S. The van der Waals surface area contributed by atoms with E-state index in [9.17, 15) is 4.79 Å². The van der Waals surface area contributed by atoms with Gasteiger partial charge in [0.2, 0.25) is 5.91 Å². The molecule has 0 radical (unpaired) electrons. The number of aromatic nitrogens is 3. The molecular weight excluding hydrogens is 348 g/mol. The van der Waals surface area contributed by atoms with Crippen LogP contribution in [0.3, 0.4) is 0 Å². The second-order valence-electron chi connectivity index (χ2n) is 5.80. The monoisotopic (exact) mass is 368 g/mol. The van der Waals surface area contributed by atoms with Gasteiger partial charge in [-0.1, -0.05) is 54.2 Å². The molecule has 3 rings (SSSR count). The standard InChI is InChI=1S/C19H20N4O2S/c1-22(2)18(24)17(14-9-5-4-6-10-14)26-19-21-20-13-23(19)15-11-7-8-12-16(15)25-3/h4-13,17H,1-3H3/t17-/m0/s1. The number of hydrogen-bond donors (Lipinski definition) is 0. The van der Waals surface area contributed by atoms with Gasteiger partial charge in [0.1, 0.15) is 17.3 Å². The Labute approximate surface area is 156 Å². The largest absolute Gasteiger partial charge is 0.495 e. The lowest BCUT2D eigenvalue weighted by atomic mass is 10.1. The van der Waals surface area contributed by atoms with Gasteiger partial charge in [-0.15, -0.1) is 10.2 Å². The van der Waals surface area contributed by atoms with Crippen molar-refractivity contribution < 1.29 is 9.53 Å². The van der Waals surface area contributed by atoms with Crippen LogP contribution in [0.4, 0.5) is 0 Å². The lowest BCUT2D eigenvalue weighted by Gasteiger charge is -2.20. The molecule has 3 aromatic rings. The highest BCUT2D eigenvalue weighted by Crippen LogP contribution is 2.37. The van der Waals surface area contributed by atoms with Gasteiger partial charge in [-0.05, 0) is 17.7 Å². The molecule has 6 nitrogen and oxygen atoms in total. The first kappa shape index (κ1) is 18.0. The van der Waals surface area contributed by atoms with Crippen molar-refractivity contribution in [2.24, 2.45) is 0 Å². The number of amides is 1. The van der Waals surface area contributed by atoms with E-state index >= 15 is 0 Å². The Morgan fingerprint density at radius 3 is 2.50 bits per heavy atom. The highest BCUT2D eigenvalue weighted by atomic mass is 32.2. The highest BCUT2D eigenvalue weighted by molar-refractivity contribution is 8.00. The maximum atomic E-state index is 12.8. The molecule has 1 atom stereocenters. The Morgan fingerprint density at radius 2 is 1.81 bits per heavy atom. The third-order valence-electron chi connectivity index (χ3n) is 3.85. The molecule has 1 amide bonds. The summed E-state index contributed by atoms with van der Waals surface area (Å²) in [6, 6.07) is 17.3. The van der Waals surface area contributed by atoms with E-state index in [-0.39, 0.29) is 5.91 Å². The number of rotatable bonds is 6. The summed E-state index contributed by atoms with van der Waals surface area (Å²) in [5, 5.41) is 8.47. The van der Waals surface area contributed by atoms with E-state index in [4.69, 9.17) is 4.74 Å². The third kappa shape index (κ3) is 3.72. The van der Waals surface area contributed by atoms with Gasteiger partial charge in [0.25, 0.3) is 0 Å². The number of carbonyl (C=O) groups is 1. The van der Waals surface area contributed by atoms with Crippen molar-refractivity contribution in [3.63, 3.8) is 0 Å². The van der Waals surface area contributed by atoms with Crippen molar-refractivity contribution in [2.45, 2.75) is 10.4 Å². The van der Waals surface area contributed by atoms with Crippen molar-refractivity contribution in [3.8, 4) is 11.4 Å². The summed E-state index contributed by atoms with van der Waals surface area (Å²) >= 11 is 1.37. The second kappa shape index (κ2) is 8.05. The maximum Gasteiger partial charge on any atom is 0.240 e. The van der Waals surface area contributed by atoms with Gasteiger partial charge in [0.05, 0.1) is 12.8 Å². The Bertz CT molecular complexity index is 880. The van der Waals surface area contributed by atoms with Crippen molar-refractivity contribution in [1.82, 2.24) is 19.7 Å². The molecule has 1 aromatic heterocycles. The lowest BCUT2D eigenvalue weighted by molar-refractivity contribution is -0.128. The van der Waals surface area contributed by atoms with Crippen LogP contribution in [0.2, 0.25) is 0 Å². The zero-order valence-electron chi connectivity index (χ0n) is 14.9. The van der Waals surface area contributed by atoms with Crippen LogP contribution in [-0.2, 0) is 4.79 Å². The first-order valence-corrected chi connectivity index (χ1v) is 8.96. The lowest BCUT2D eigenvalue weighted by Crippen LogP contribution is -2.27. The molecule has 2 aromatic carbocycles. The van der Waals surface area contributed by atoms with E-state index in [0.29, 0.717) is 10.9 Å². The second-order valence-corrected chi connectivity index (χ2v) is 6.87. The zero-order valence-corrected chi connectivity index (χ0v) is 15.7. The predicted molar refractivity (Wildman–Crippen MR) is 102 cm³/mol. The first-order chi connectivity index (χ1) is 12.6. The SMILES string of the molecule is COc1ccccc1-n1cnnc1S[C@H](C(=O)N(C)C)c1ccccc1. The molecule has 26 heavy (non-hydrogen) atoms. The minimum absolute atomic E-state index is 0.00391. The molecule has 0 unspecified atom stereocenters. The fourth-order valence-corrected chi connectivity index (χ4v) is 3.70. The van der Waals surface area contributed by atoms with Gasteiger partial charge in [-0.2, -0.15) is 0 Å². The van der Waals surface area contributed by atoms with E-state index in [2.05, 4.69) is 10.2 Å². The summed E-state index contributed by atoms with van der Waals surface area (Å²) in [4.78, 5) is 14.4. The fraction of sp³-hybridized carbons (Fsp3) is 0.211. The number of likely N-dealkylation sites (N-methyl/N-ethyl adjacent to an activating group) is 1. The summed E-state index contributed by atoms with van der Waals surface area (Å²) in [6.45, 7) is 0. The van der Waals surface area contributed by atoms with Crippen molar-refractivity contribution >= 4 is 17.7 Å². The van der Waals surface area contributed by atoms with Gasteiger partial charge in [0, 0.05) is 14.1 Å². The van der Waals surface area contributed by atoms with E-state index in [1.807, 2.05) is 59.2 Å². The van der Waals surface area contributed by atoms with Crippen LogP contribution in [0.25, 0.3) is 5.69 Å². The summed E-state index contributed by atoms with van der Waals surface area (Å²) in [5.74, 6) is 0.708. The minimum atomic E-state index is -0.413. The topological polar surface area (TPSA) is 60.2 Å². The Hall–Kier alpha value is -2.80.